The van der Waals surface area contributed by atoms with E-state index < -0.39 is 0 Å². The van der Waals surface area contributed by atoms with Gasteiger partial charge in [0.1, 0.15) is 23.1 Å². The maximum absolute atomic E-state index is 5.75. The number of nitrogens with zero attached hydrogens (tertiary/aromatic N) is 2. The lowest BCUT2D eigenvalue weighted by Gasteiger charge is -2.09. The number of hydrogen-bond donors (Lipinski definition) is 2. The Hall–Kier alpha value is -3.34. The Kier molecular flexibility index (Phi) is 4.20. The van der Waals surface area contributed by atoms with Gasteiger partial charge in [-0.3, -0.25) is 0 Å². The van der Waals surface area contributed by atoms with Crippen LogP contribution in [0.1, 0.15) is 5.82 Å². The summed E-state index contributed by atoms with van der Waals surface area (Å²) in [4.78, 5) is 8.33. The number of rotatable bonds is 5. The third-order valence-electron chi connectivity index (χ3n) is 3.05. The number of aromatic nitrogens is 2. The van der Waals surface area contributed by atoms with E-state index in [2.05, 4.69) is 21.9 Å². The lowest BCUT2D eigenvalue weighted by molar-refractivity contribution is 0.483. The fourth-order valence-corrected chi connectivity index (χ4v) is 2.02. The second-order valence-electron chi connectivity index (χ2n) is 4.80. The number of hydrogen-bond acceptors (Lipinski definition) is 5. The Labute approximate surface area is 134 Å². The summed E-state index contributed by atoms with van der Waals surface area (Å²) in [6.07, 6.45) is 1.55. The van der Waals surface area contributed by atoms with Crippen molar-refractivity contribution >= 4 is 23.4 Å². The summed E-state index contributed by atoms with van der Waals surface area (Å²) in [5.74, 6) is 3.05. The molecule has 0 radical (unpaired) electrons. The summed E-state index contributed by atoms with van der Waals surface area (Å²) in [7, 11) is 0. The van der Waals surface area contributed by atoms with Crippen molar-refractivity contribution in [2.45, 2.75) is 0 Å². The van der Waals surface area contributed by atoms with Crippen LogP contribution in [0.25, 0.3) is 6.08 Å². The molecule has 0 aliphatic rings. The molecule has 0 aliphatic carbocycles. The minimum Gasteiger partial charge on any atom is -0.457 e. The lowest BCUT2D eigenvalue weighted by atomic mass is 10.3. The van der Waals surface area contributed by atoms with Crippen LogP contribution in [0, 0.1) is 0 Å². The van der Waals surface area contributed by atoms with E-state index in [4.69, 9.17) is 10.5 Å². The highest BCUT2D eigenvalue weighted by Crippen LogP contribution is 2.24. The van der Waals surface area contributed by atoms with Crippen LogP contribution in [-0.2, 0) is 0 Å². The smallest absolute Gasteiger partial charge is 0.156 e. The molecule has 5 heteroatoms. The Balaban J connectivity index is 1.72. The van der Waals surface area contributed by atoms with Gasteiger partial charge in [-0.2, -0.15) is 0 Å². The average molecular weight is 304 g/mol. The predicted octanol–water partition coefficient (Wildman–Crippen LogP) is 4.24. The van der Waals surface area contributed by atoms with Gasteiger partial charge in [-0.15, -0.1) is 0 Å². The van der Waals surface area contributed by atoms with E-state index in [0.717, 1.165) is 17.2 Å². The molecule has 0 amide bonds. The van der Waals surface area contributed by atoms with Crippen molar-refractivity contribution in [2.75, 3.05) is 11.1 Å². The van der Waals surface area contributed by atoms with E-state index in [-0.39, 0.29) is 0 Å². The summed E-state index contributed by atoms with van der Waals surface area (Å²) in [6.45, 7) is 3.65. The topological polar surface area (TPSA) is 73.1 Å². The summed E-state index contributed by atoms with van der Waals surface area (Å²) in [5.41, 5.74) is 6.61. The molecule has 0 fully saturated rings. The van der Waals surface area contributed by atoms with Gasteiger partial charge in [-0.1, -0.05) is 24.8 Å². The van der Waals surface area contributed by atoms with Gasteiger partial charge in [-0.25, -0.2) is 9.97 Å². The first-order chi connectivity index (χ1) is 11.2. The van der Waals surface area contributed by atoms with Crippen molar-refractivity contribution in [3.63, 3.8) is 0 Å². The molecule has 0 bridgehead atoms. The number of benzene rings is 2. The van der Waals surface area contributed by atoms with Gasteiger partial charge in [0.15, 0.2) is 5.82 Å². The Morgan fingerprint density at radius 1 is 0.957 bits per heavy atom. The van der Waals surface area contributed by atoms with Gasteiger partial charge in [0.2, 0.25) is 0 Å². The second kappa shape index (κ2) is 6.62. The molecule has 114 valence electrons. The van der Waals surface area contributed by atoms with E-state index >= 15 is 0 Å². The first kappa shape index (κ1) is 14.6. The van der Waals surface area contributed by atoms with E-state index in [1.54, 1.807) is 12.1 Å². The summed E-state index contributed by atoms with van der Waals surface area (Å²) in [5, 5.41) is 3.18. The molecule has 0 saturated heterocycles. The quantitative estimate of drug-likeness (QED) is 0.737. The van der Waals surface area contributed by atoms with E-state index in [0.29, 0.717) is 17.5 Å². The average Bonchev–Trinajstić information content (AvgIpc) is 2.57. The minimum atomic E-state index is 0.390. The standard InChI is InChI=1S/C18H16N4O/c1-2-17-21-16(19)12-18(22-17)20-13-8-10-15(11-9-13)23-14-6-4-3-5-7-14/h2-12H,1H2,(H3,19,20,21,22). The van der Waals surface area contributed by atoms with Crippen molar-refractivity contribution in [2.24, 2.45) is 0 Å². The minimum absolute atomic E-state index is 0.390. The molecule has 3 rings (SSSR count). The molecular weight excluding hydrogens is 288 g/mol. The summed E-state index contributed by atoms with van der Waals surface area (Å²) >= 11 is 0. The number of nitrogens with one attached hydrogen (secondary N) is 1. The largest absolute Gasteiger partial charge is 0.457 e. The summed E-state index contributed by atoms with van der Waals surface area (Å²) in [6, 6.07) is 18.9. The molecular formula is C18H16N4O. The number of nitrogen functional groups attached to an aromatic ring is 1. The van der Waals surface area contributed by atoms with Crippen molar-refractivity contribution in [1.82, 2.24) is 9.97 Å². The second-order valence-corrected chi connectivity index (χ2v) is 4.80. The Bertz CT molecular complexity index is 801. The zero-order valence-electron chi connectivity index (χ0n) is 12.4. The van der Waals surface area contributed by atoms with Crippen molar-refractivity contribution in [3.05, 3.63) is 73.1 Å². The number of anilines is 3. The van der Waals surface area contributed by atoms with Crippen LogP contribution in [-0.4, -0.2) is 9.97 Å². The molecule has 0 aliphatic heterocycles. The number of ether oxygens (including phenoxy) is 1. The molecule has 0 saturated carbocycles. The predicted molar refractivity (Wildman–Crippen MR) is 92.8 cm³/mol. The molecule has 3 N–H and O–H groups in total. The third-order valence-corrected chi connectivity index (χ3v) is 3.05. The highest BCUT2D eigenvalue weighted by molar-refractivity contribution is 5.60. The molecule has 1 heterocycles. The molecule has 1 aromatic heterocycles. The third kappa shape index (κ3) is 3.85. The molecule has 3 aromatic rings. The van der Waals surface area contributed by atoms with Gasteiger partial charge < -0.3 is 15.8 Å². The lowest BCUT2D eigenvalue weighted by Crippen LogP contribution is -2.00. The van der Waals surface area contributed by atoms with E-state index in [1.807, 2.05) is 54.6 Å². The highest BCUT2D eigenvalue weighted by atomic mass is 16.5. The van der Waals surface area contributed by atoms with Gasteiger partial charge in [-0.05, 0) is 42.5 Å². The molecule has 0 unspecified atom stereocenters. The molecule has 0 atom stereocenters. The van der Waals surface area contributed by atoms with Crippen molar-refractivity contribution in [3.8, 4) is 11.5 Å². The first-order valence-corrected chi connectivity index (χ1v) is 7.10. The number of nitrogens with two attached hydrogens (primary N) is 1. The van der Waals surface area contributed by atoms with Crippen LogP contribution in [0.15, 0.2) is 67.2 Å². The molecule has 2 aromatic carbocycles. The maximum Gasteiger partial charge on any atom is 0.156 e. The zero-order valence-corrected chi connectivity index (χ0v) is 12.4. The monoisotopic (exact) mass is 304 g/mol. The fourth-order valence-electron chi connectivity index (χ4n) is 2.02. The highest BCUT2D eigenvalue weighted by Gasteiger charge is 2.02. The zero-order chi connectivity index (χ0) is 16.1. The van der Waals surface area contributed by atoms with Crippen LogP contribution in [0.4, 0.5) is 17.3 Å². The number of para-hydroxylation sites is 1. The van der Waals surface area contributed by atoms with Crippen LogP contribution < -0.4 is 15.8 Å². The molecule has 5 nitrogen and oxygen atoms in total. The molecule has 23 heavy (non-hydrogen) atoms. The van der Waals surface area contributed by atoms with Crippen LogP contribution >= 0.6 is 0 Å². The van der Waals surface area contributed by atoms with Gasteiger partial charge in [0.25, 0.3) is 0 Å². The van der Waals surface area contributed by atoms with E-state index in [1.165, 1.54) is 0 Å². The van der Waals surface area contributed by atoms with Crippen LogP contribution in [0.3, 0.4) is 0 Å². The van der Waals surface area contributed by atoms with Gasteiger partial charge in [0, 0.05) is 11.8 Å². The van der Waals surface area contributed by atoms with Crippen molar-refractivity contribution < 1.29 is 4.74 Å². The first-order valence-electron chi connectivity index (χ1n) is 7.10. The fraction of sp³-hybridized carbons (Fsp3) is 0. The van der Waals surface area contributed by atoms with E-state index in [9.17, 15) is 0 Å². The van der Waals surface area contributed by atoms with Gasteiger partial charge >= 0.3 is 0 Å². The van der Waals surface area contributed by atoms with Crippen molar-refractivity contribution in [1.29, 1.82) is 0 Å². The maximum atomic E-state index is 5.75. The Morgan fingerprint density at radius 2 is 1.65 bits per heavy atom. The Morgan fingerprint density at radius 3 is 2.35 bits per heavy atom. The SMILES string of the molecule is C=Cc1nc(N)cc(Nc2ccc(Oc3ccccc3)cc2)n1. The summed E-state index contributed by atoms with van der Waals surface area (Å²) < 4.78 is 5.75. The van der Waals surface area contributed by atoms with Gasteiger partial charge in [0.05, 0.1) is 0 Å². The molecule has 0 spiro atoms. The van der Waals surface area contributed by atoms with Crippen LogP contribution in [0.2, 0.25) is 0 Å². The normalized spacial score (nSPS) is 10.1. The van der Waals surface area contributed by atoms with Crippen LogP contribution in [0.5, 0.6) is 11.5 Å².